The molecule has 0 aromatic heterocycles. The minimum Gasteiger partial charge on any atom is -0.452 e. The Bertz CT molecular complexity index is 489. The highest BCUT2D eigenvalue weighted by atomic mass is 35.5. The predicted molar refractivity (Wildman–Crippen MR) is 78.6 cm³/mol. The summed E-state index contributed by atoms with van der Waals surface area (Å²) in [7, 11) is 0. The second-order valence-corrected chi connectivity index (χ2v) is 5.26. The molecule has 0 fully saturated rings. The van der Waals surface area contributed by atoms with Crippen molar-refractivity contribution in [2.75, 3.05) is 18.9 Å². The highest BCUT2D eigenvalue weighted by Gasteiger charge is 2.13. The van der Waals surface area contributed by atoms with E-state index >= 15 is 0 Å². The number of amides is 1. The molecule has 1 amide bonds. The Morgan fingerprint density at radius 2 is 2.10 bits per heavy atom. The Kier molecular flexibility index (Phi) is 6.31. The van der Waals surface area contributed by atoms with Gasteiger partial charge < -0.3 is 15.8 Å². The van der Waals surface area contributed by atoms with Crippen LogP contribution in [0.3, 0.4) is 0 Å². The molecule has 0 radical (unpaired) electrons. The van der Waals surface area contributed by atoms with Crippen molar-refractivity contribution in [3.8, 4) is 0 Å². The third-order valence-electron chi connectivity index (χ3n) is 2.59. The second-order valence-electron chi connectivity index (χ2n) is 4.85. The Hall–Kier alpha value is -1.75. The molecule has 20 heavy (non-hydrogen) atoms. The number of rotatable bonds is 6. The summed E-state index contributed by atoms with van der Waals surface area (Å²) in [5.74, 6) is -0.467. The van der Waals surface area contributed by atoms with Crippen molar-refractivity contribution in [2.45, 2.75) is 20.3 Å². The first-order valence-corrected chi connectivity index (χ1v) is 6.76. The number of nitrogen functional groups attached to an aromatic ring is 1. The molecule has 6 heteroatoms. The van der Waals surface area contributed by atoms with E-state index in [4.69, 9.17) is 22.1 Å². The highest BCUT2D eigenvalue weighted by molar-refractivity contribution is 6.33. The number of nitrogens with one attached hydrogen (secondary N) is 1. The van der Waals surface area contributed by atoms with Crippen LogP contribution in [0.4, 0.5) is 5.69 Å². The topological polar surface area (TPSA) is 81.4 Å². The van der Waals surface area contributed by atoms with Gasteiger partial charge >= 0.3 is 5.97 Å². The van der Waals surface area contributed by atoms with Gasteiger partial charge in [-0.15, -0.1) is 0 Å². The molecule has 1 aromatic carbocycles. The minimum absolute atomic E-state index is 0.191. The molecule has 0 bridgehead atoms. The average Bonchev–Trinajstić information content (AvgIpc) is 2.35. The summed E-state index contributed by atoms with van der Waals surface area (Å²) < 4.78 is 4.89. The van der Waals surface area contributed by atoms with Gasteiger partial charge in [0.2, 0.25) is 0 Å². The van der Waals surface area contributed by atoms with Crippen LogP contribution in [0.2, 0.25) is 5.02 Å². The third kappa shape index (κ3) is 5.48. The molecule has 110 valence electrons. The number of benzene rings is 1. The lowest BCUT2D eigenvalue weighted by molar-refractivity contribution is -0.124. The van der Waals surface area contributed by atoms with Crippen molar-refractivity contribution in [1.29, 1.82) is 0 Å². The van der Waals surface area contributed by atoms with Gasteiger partial charge in [0.05, 0.1) is 10.6 Å². The Labute approximate surface area is 123 Å². The Morgan fingerprint density at radius 1 is 1.40 bits per heavy atom. The monoisotopic (exact) mass is 298 g/mol. The van der Waals surface area contributed by atoms with E-state index in [2.05, 4.69) is 19.2 Å². The lowest BCUT2D eigenvalue weighted by Gasteiger charge is -2.08. The summed E-state index contributed by atoms with van der Waals surface area (Å²) >= 11 is 5.88. The molecular formula is C14H19ClN2O3. The number of anilines is 1. The summed E-state index contributed by atoms with van der Waals surface area (Å²) in [4.78, 5) is 23.2. The number of hydrogen-bond acceptors (Lipinski definition) is 4. The molecule has 0 saturated heterocycles. The first-order valence-electron chi connectivity index (χ1n) is 6.39. The number of carbonyl (C=O) groups is 2. The molecule has 0 aliphatic heterocycles. The molecule has 0 aliphatic rings. The quantitative estimate of drug-likeness (QED) is 0.623. The molecular weight excluding hydrogens is 280 g/mol. The number of ether oxygens (including phenoxy) is 1. The Balaban J connectivity index is 2.41. The van der Waals surface area contributed by atoms with E-state index in [-0.39, 0.29) is 23.1 Å². The fourth-order valence-electron chi connectivity index (χ4n) is 1.46. The number of nitrogens with two attached hydrogens (primary N) is 1. The number of hydrogen-bond donors (Lipinski definition) is 2. The van der Waals surface area contributed by atoms with E-state index in [9.17, 15) is 9.59 Å². The smallest absolute Gasteiger partial charge is 0.340 e. The highest BCUT2D eigenvalue weighted by Crippen LogP contribution is 2.19. The van der Waals surface area contributed by atoms with Gasteiger partial charge in [-0.25, -0.2) is 4.79 Å². The Morgan fingerprint density at radius 3 is 2.70 bits per heavy atom. The van der Waals surface area contributed by atoms with E-state index in [0.717, 1.165) is 6.42 Å². The maximum Gasteiger partial charge on any atom is 0.340 e. The number of halogens is 1. The number of esters is 1. The van der Waals surface area contributed by atoms with Crippen LogP contribution >= 0.6 is 11.6 Å². The summed E-state index contributed by atoms with van der Waals surface area (Å²) in [5.41, 5.74) is 6.18. The van der Waals surface area contributed by atoms with Gasteiger partial charge in [0.25, 0.3) is 5.91 Å². The zero-order valence-electron chi connectivity index (χ0n) is 11.6. The summed E-state index contributed by atoms with van der Waals surface area (Å²) in [6.45, 7) is 4.37. The van der Waals surface area contributed by atoms with Crippen LogP contribution < -0.4 is 11.1 Å². The van der Waals surface area contributed by atoms with Crippen molar-refractivity contribution in [1.82, 2.24) is 5.32 Å². The summed E-state index contributed by atoms with van der Waals surface area (Å²) in [6.07, 6.45) is 0.878. The molecule has 1 rings (SSSR count). The van der Waals surface area contributed by atoms with Gasteiger partial charge in [-0.2, -0.15) is 0 Å². The van der Waals surface area contributed by atoms with Crippen molar-refractivity contribution in [2.24, 2.45) is 5.92 Å². The largest absolute Gasteiger partial charge is 0.452 e. The first-order chi connectivity index (χ1) is 9.40. The molecule has 5 nitrogen and oxygen atoms in total. The maximum atomic E-state index is 11.7. The van der Waals surface area contributed by atoms with Crippen molar-refractivity contribution in [3.63, 3.8) is 0 Å². The van der Waals surface area contributed by atoms with E-state index in [1.807, 2.05) is 0 Å². The molecule has 0 saturated carbocycles. The van der Waals surface area contributed by atoms with E-state index in [1.165, 1.54) is 12.1 Å². The second kappa shape index (κ2) is 7.75. The van der Waals surface area contributed by atoms with Gasteiger partial charge in [-0.1, -0.05) is 25.4 Å². The van der Waals surface area contributed by atoms with Crippen LogP contribution in [-0.2, 0) is 9.53 Å². The van der Waals surface area contributed by atoms with Crippen molar-refractivity contribution < 1.29 is 14.3 Å². The lowest BCUT2D eigenvalue weighted by Crippen LogP contribution is -2.30. The zero-order chi connectivity index (χ0) is 15.1. The standard InChI is InChI=1S/C14H19ClN2O3/c1-9(2)5-6-17-13(18)8-20-14(19)11-4-3-10(16)7-12(11)15/h3-4,7,9H,5-6,8,16H2,1-2H3,(H,17,18). The van der Waals surface area contributed by atoms with Crippen molar-refractivity contribution in [3.05, 3.63) is 28.8 Å². The van der Waals surface area contributed by atoms with Gasteiger partial charge in [-0.3, -0.25) is 4.79 Å². The first kappa shape index (κ1) is 16.3. The van der Waals surface area contributed by atoms with Crippen LogP contribution in [0, 0.1) is 5.92 Å². The fourth-order valence-corrected chi connectivity index (χ4v) is 1.72. The van der Waals surface area contributed by atoms with Gasteiger partial charge in [0.15, 0.2) is 6.61 Å². The van der Waals surface area contributed by atoms with Gasteiger partial charge in [0, 0.05) is 12.2 Å². The SMILES string of the molecule is CC(C)CCNC(=O)COC(=O)c1ccc(N)cc1Cl. The van der Waals surface area contributed by atoms with E-state index in [1.54, 1.807) is 6.07 Å². The molecule has 3 N–H and O–H groups in total. The van der Waals surface area contributed by atoms with Crippen LogP contribution in [-0.4, -0.2) is 25.0 Å². The molecule has 0 heterocycles. The predicted octanol–water partition coefficient (Wildman–Crippen LogP) is 2.24. The molecule has 0 aliphatic carbocycles. The van der Waals surface area contributed by atoms with E-state index < -0.39 is 5.97 Å². The minimum atomic E-state index is -0.644. The number of carbonyl (C=O) groups excluding carboxylic acids is 2. The van der Waals surface area contributed by atoms with Crippen LogP contribution in [0.15, 0.2) is 18.2 Å². The average molecular weight is 299 g/mol. The third-order valence-corrected chi connectivity index (χ3v) is 2.90. The summed E-state index contributed by atoms with van der Waals surface area (Å²) in [6, 6.07) is 4.47. The lowest BCUT2D eigenvalue weighted by atomic mass is 10.1. The normalized spacial score (nSPS) is 10.4. The van der Waals surface area contributed by atoms with Crippen LogP contribution in [0.1, 0.15) is 30.6 Å². The fraction of sp³-hybridized carbons (Fsp3) is 0.429. The van der Waals surface area contributed by atoms with Crippen molar-refractivity contribution >= 4 is 29.2 Å². The van der Waals surface area contributed by atoms with E-state index in [0.29, 0.717) is 18.2 Å². The van der Waals surface area contributed by atoms with Gasteiger partial charge in [-0.05, 0) is 30.5 Å². The molecule has 0 atom stereocenters. The summed E-state index contributed by atoms with van der Waals surface area (Å²) in [5, 5.41) is 2.88. The molecule has 0 spiro atoms. The van der Waals surface area contributed by atoms with Crippen LogP contribution in [0.5, 0.6) is 0 Å². The zero-order valence-corrected chi connectivity index (χ0v) is 12.4. The van der Waals surface area contributed by atoms with Crippen LogP contribution in [0.25, 0.3) is 0 Å². The molecule has 0 unspecified atom stereocenters. The van der Waals surface area contributed by atoms with Gasteiger partial charge in [0.1, 0.15) is 0 Å². The molecule has 1 aromatic rings. The maximum absolute atomic E-state index is 11.7.